The Balaban J connectivity index is 2.04. The molecule has 2 aromatic carbocycles. The first-order valence-corrected chi connectivity index (χ1v) is 11.3. The van der Waals surface area contributed by atoms with E-state index >= 15 is 0 Å². The minimum atomic E-state index is -3.73. The summed E-state index contributed by atoms with van der Waals surface area (Å²) in [6.45, 7) is 0.177. The highest BCUT2D eigenvalue weighted by Gasteiger charge is 2.17. The summed E-state index contributed by atoms with van der Waals surface area (Å²) in [6.07, 6.45) is 0.412. The summed E-state index contributed by atoms with van der Waals surface area (Å²) in [5.74, 6) is 0. The predicted molar refractivity (Wildman–Crippen MR) is 98.5 cm³/mol. The van der Waals surface area contributed by atoms with Crippen molar-refractivity contribution in [2.24, 2.45) is 5.14 Å². The van der Waals surface area contributed by atoms with Crippen molar-refractivity contribution in [1.82, 2.24) is 4.72 Å². The summed E-state index contributed by atoms with van der Waals surface area (Å²) in [7, 11) is -7.39. The predicted octanol–water partition coefficient (Wildman–Crippen LogP) is 2.38. The molecule has 0 amide bonds. The Bertz CT molecular complexity index is 943. The first-order chi connectivity index (χ1) is 11.1. The highest BCUT2D eigenvalue weighted by Crippen LogP contribution is 2.25. The fourth-order valence-electron chi connectivity index (χ4n) is 1.94. The van der Waals surface area contributed by atoms with Crippen LogP contribution in [0, 0.1) is 0 Å². The van der Waals surface area contributed by atoms with Gasteiger partial charge in [0.05, 0.1) is 9.79 Å². The molecule has 2 aromatic rings. The van der Waals surface area contributed by atoms with Gasteiger partial charge in [0.2, 0.25) is 20.0 Å². The average molecular weight is 498 g/mol. The molecule has 0 unspecified atom stereocenters. The van der Waals surface area contributed by atoms with E-state index in [0.29, 0.717) is 15.4 Å². The van der Waals surface area contributed by atoms with E-state index in [9.17, 15) is 16.8 Å². The third-order valence-corrected chi connectivity index (χ3v) is 7.02. The molecule has 2 rings (SSSR count). The Morgan fingerprint density at radius 3 is 2.17 bits per heavy atom. The standard InChI is InChI=1S/C14H14Br2N2O4S2/c15-11-3-6-13(16)14(9-11)24(21,22)18-8-7-10-1-4-12(5-2-10)23(17,19)20/h1-6,9,18H,7-8H2,(H2,17,19,20). The number of sulfonamides is 2. The van der Waals surface area contributed by atoms with Gasteiger partial charge in [0.1, 0.15) is 0 Å². The Morgan fingerprint density at radius 2 is 1.58 bits per heavy atom. The molecule has 0 fully saturated rings. The molecule has 0 saturated carbocycles. The molecule has 0 atom stereocenters. The molecule has 0 radical (unpaired) electrons. The van der Waals surface area contributed by atoms with Crippen LogP contribution in [-0.2, 0) is 26.5 Å². The molecule has 0 bridgehead atoms. The van der Waals surface area contributed by atoms with E-state index < -0.39 is 20.0 Å². The van der Waals surface area contributed by atoms with E-state index in [-0.39, 0.29) is 16.3 Å². The van der Waals surface area contributed by atoms with Gasteiger partial charge in [-0.15, -0.1) is 0 Å². The highest BCUT2D eigenvalue weighted by atomic mass is 79.9. The van der Waals surface area contributed by atoms with Gasteiger partial charge in [-0.1, -0.05) is 28.1 Å². The van der Waals surface area contributed by atoms with Gasteiger partial charge in [-0.05, 0) is 58.2 Å². The van der Waals surface area contributed by atoms with Crippen molar-refractivity contribution < 1.29 is 16.8 Å². The van der Waals surface area contributed by atoms with Gasteiger partial charge in [0, 0.05) is 15.5 Å². The fourth-order valence-corrected chi connectivity index (χ4v) is 4.98. The second kappa shape index (κ2) is 7.63. The van der Waals surface area contributed by atoms with Gasteiger partial charge in [-0.2, -0.15) is 0 Å². The molecular weight excluding hydrogens is 484 g/mol. The number of benzene rings is 2. The fraction of sp³-hybridized carbons (Fsp3) is 0.143. The number of primary sulfonamides is 1. The Hall–Kier alpha value is -0.780. The average Bonchev–Trinajstić information content (AvgIpc) is 2.49. The van der Waals surface area contributed by atoms with E-state index in [1.165, 1.54) is 18.2 Å². The second-order valence-electron chi connectivity index (χ2n) is 4.91. The highest BCUT2D eigenvalue weighted by molar-refractivity contribution is 9.11. The smallest absolute Gasteiger partial charge is 0.225 e. The van der Waals surface area contributed by atoms with Gasteiger partial charge in [-0.3, -0.25) is 0 Å². The number of rotatable bonds is 6. The van der Waals surface area contributed by atoms with Crippen LogP contribution in [0.2, 0.25) is 0 Å². The third-order valence-electron chi connectivity index (χ3n) is 3.14. The molecule has 0 spiro atoms. The van der Waals surface area contributed by atoms with Crippen molar-refractivity contribution in [3.05, 3.63) is 57.0 Å². The number of hydrogen-bond donors (Lipinski definition) is 2. The number of hydrogen-bond acceptors (Lipinski definition) is 4. The summed E-state index contributed by atoms with van der Waals surface area (Å²) in [4.78, 5) is 0.159. The molecule has 130 valence electrons. The first-order valence-electron chi connectivity index (χ1n) is 6.66. The SMILES string of the molecule is NS(=O)(=O)c1ccc(CCNS(=O)(=O)c2cc(Br)ccc2Br)cc1. The Kier molecular flexibility index (Phi) is 6.21. The largest absolute Gasteiger partial charge is 0.241 e. The molecule has 0 saturated heterocycles. The van der Waals surface area contributed by atoms with E-state index in [1.54, 1.807) is 24.3 Å². The molecule has 0 aliphatic rings. The van der Waals surface area contributed by atoms with E-state index in [1.807, 2.05) is 0 Å². The molecule has 0 aliphatic heterocycles. The summed E-state index contributed by atoms with van der Waals surface area (Å²) >= 11 is 6.46. The summed E-state index contributed by atoms with van der Waals surface area (Å²) in [5.41, 5.74) is 0.790. The molecule has 3 N–H and O–H groups in total. The minimum Gasteiger partial charge on any atom is -0.225 e. The van der Waals surface area contributed by atoms with Crippen LogP contribution in [0.1, 0.15) is 5.56 Å². The van der Waals surface area contributed by atoms with Crippen molar-refractivity contribution in [3.63, 3.8) is 0 Å². The van der Waals surface area contributed by atoms with Gasteiger partial charge in [0.25, 0.3) is 0 Å². The third kappa shape index (κ3) is 5.11. The normalized spacial score (nSPS) is 12.3. The molecule has 10 heteroatoms. The molecule has 24 heavy (non-hydrogen) atoms. The lowest BCUT2D eigenvalue weighted by Crippen LogP contribution is -2.26. The molecular formula is C14H14Br2N2O4S2. The maximum atomic E-state index is 12.3. The quantitative estimate of drug-likeness (QED) is 0.638. The van der Waals surface area contributed by atoms with Crippen LogP contribution in [0.15, 0.2) is 61.2 Å². The van der Waals surface area contributed by atoms with E-state index in [4.69, 9.17) is 5.14 Å². The van der Waals surface area contributed by atoms with Crippen LogP contribution in [0.4, 0.5) is 0 Å². The monoisotopic (exact) mass is 496 g/mol. The van der Waals surface area contributed by atoms with Crippen molar-refractivity contribution in [2.45, 2.75) is 16.2 Å². The summed E-state index contributed by atoms with van der Waals surface area (Å²) in [6, 6.07) is 10.9. The lowest BCUT2D eigenvalue weighted by Gasteiger charge is -2.09. The van der Waals surface area contributed by atoms with Crippen molar-refractivity contribution in [1.29, 1.82) is 0 Å². The summed E-state index contributed by atoms with van der Waals surface area (Å²) < 4.78 is 50.7. The number of halogens is 2. The molecule has 0 aromatic heterocycles. The molecule has 0 heterocycles. The van der Waals surface area contributed by atoms with Crippen LogP contribution < -0.4 is 9.86 Å². The lowest BCUT2D eigenvalue weighted by molar-refractivity contribution is 0.581. The summed E-state index contributed by atoms with van der Waals surface area (Å²) in [5, 5.41) is 5.03. The molecule has 0 aliphatic carbocycles. The number of nitrogens with two attached hydrogens (primary N) is 1. The maximum absolute atomic E-state index is 12.3. The van der Waals surface area contributed by atoms with E-state index in [2.05, 4.69) is 36.6 Å². The van der Waals surface area contributed by atoms with Gasteiger partial charge in [-0.25, -0.2) is 26.7 Å². The van der Waals surface area contributed by atoms with Crippen molar-refractivity contribution in [3.8, 4) is 0 Å². The zero-order valence-corrected chi connectivity index (χ0v) is 17.0. The van der Waals surface area contributed by atoms with Crippen LogP contribution >= 0.6 is 31.9 Å². The van der Waals surface area contributed by atoms with E-state index in [0.717, 1.165) is 5.56 Å². The zero-order chi connectivity index (χ0) is 18.0. The zero-order valence-electron chi connectivity index (χ0n) is 12.2. The molecule has 6 nitrogen and oxygen atoms in total. The number of nitrogens with one attached hydrogen (secondary N) is 1. The van der Waals surface area contributed by atoms with Crippen LogP contribution in [0.3, 0.4) is 0 Å². The van der Waals surface area contributed by atoms with Crippen LogP contribution in [0.5, 0.6) is 0 Å². The Labute approximate surface area is 157 Å². The Morgan fingerprint density at radius 1 is 0.958 bits per heavy atom. The van der Waals surface area contributed by atoms with Crippen molar-refractivity contribution >= 4 is 51.9 Å². The van der Waals surface area contributed by atoms with Crippen LogP contribution in [0.25, 0.3) is 0 Å². The van der Waals surface area contributed by atoms with Crippen LogP contribution in [-0.4, -0.2) is 23.4 Å². The van der Waals surface area contributed by atoms with Gasteiger partial charge >= 0.3 is 0 Å². The van der Waals surface area contributed by atoms with Gasteiger partial charge < -0.3 is 0 Å². The van der Waals surface area contributed by atoms with Gasteiger partial charge in [0.15, 0.2) is 0 Å². The van der Waals surface area contributed by atoms with Crippen molar-refractivity contribution in [2.75, 3.05) is 6.54 Å². The first kappa shape index (κ1) is 19.5. The minimum absolute atomic E-state index is 0.0184. The lowest BCUT2D eigenvalue weighted by atomic mass is 10.2. The topological polar surface area (TPSA) is 106 Å². The maximum Gasteiger partial charge on any atom is 0.241 e. The second-order valence-corrected chi connectivity index (χ2v) is 9.98.